The highest BCUT2D eigenvalue weighted by molar-refractivity contribution is 5.71. The molecule has 0 spiro atoms. The van der Waals surface area contributed by atoms with E-state index in [9.17, 15) is 4.79 Å². The van der Waals surface area contributed by atoms with Crippen LogP contribution >= 0.6 is 0 Å². The maximum absolute atomic E-state index is 10.6. The Bertz CT molecular complexity index is 233. The summed E-state index contributed by atoms with van der Waals surface area (Å²) < 4.78 is 0. The normalized spacial score (nSPS) is 24.9. The first-order valence-corrected chi connectivity index (χ1v) is 5.79. The fraction of sp³-hybridized carbons (Fsp3) is 0.909. The minimum Gasteiger partial charge on any atom is -0.481 e. The summed E-state index contributed by atoms with van der Waals surface area (Å²) in [5.74, 6) is 0.165. The number of aliphatic carboxylic acids is 1. The molecule has 0 aliphatic carbocycles. The molecular weight excluding hydrogens is 192 g/mol. The lowest BCUT2D eigenvalue weighted by atomic mass is 9.94. The average molecular weight is 212 g/mol. The van der Waals surface area contributed by atoms with Gasteiger partial charge in [-0.25, -0.2) is 0 Å². The second kappa shape index (κ2) is 4.49. The molecule has 0 bridgehead atoms. The van der Waals surface area contributed by atoms with E-state index >= 15 is 0 Å². The molecule has 4 heteroatoms. The minimum atomic E-state index is -0.633. The third-order valence-electron chi connectivity index (χ3n) is 3.53. The fourth-order valence-electron chi connectivity index (χ4n) is 2.52. The van der Waals surface area contributed by atoms with Gasteiger partial charge in [-0.3, -0.25) is 4.79 Å². The summed E-state index contributed by atoms with van der Waals surface area (Å²) in [5.41, 5.74) is 0. The molecule has 2 rings (SSSR count). The highest BCUT2D eigenvalue weighted by Gasteiger charge is 2.32. The molecule has 2 aliphatic rings. The number of nitrogens with zero attached hydrogens (tertiary/aromatic N) is 2. The lowest BCUT2D eigenvalue weighted by Crippen LogP contribution is -2.50. The van der Waals surface area contributed by atoms with Crippen LogP contribution in [0.5, 0.6) is 0 Å². The Labute approximate surface area is 90.9 Å². The summed E-state index contributed by atoms with van der Waals surface area (Å²) in [4.78, 5) is 15.2. The second-order valence-electron chi connectivity index (χ2n) is 5.02. The van der Waals surface area contributed by atoms with E-state index in [0.29, 0.717) is 0 Å². The Hall–Kier alpha value is -0.610. The molecule has 15 heavy (non-hydrogen) atoms. The van der Waals surface area contributed by atoms with Crippen LogP contribution in [0.15, 0.2) is 0 Å². The van der Waals surface area contributed by atoms with Crippen LogP contribution in [0.25, 0.3) is 0 Å². The van der Waals surface area contributed by atoms with Gasteiger partial charge in [-0.1, -0.05) is 0 Å². The van der Waals surface area contributed by atoms with Crippen LogP contribution in [-0.4, -0.2) is 60.6 Å². The van der Waals surface area contributed by atoms with Gasteiger partial charge in [0.05, 0.1) is 5.92 Å². The molecule has 0 amide bonds. The van der Waals surface area contributed by atoms with Gasteiger partial charge in [-0.2, -0.15) is 0 Å². The molecule has 0 saturated carbocycles. The van der Waals surface area contributed by atoms with E-state index in [1.54, 1.807) is 0 Å². The first-order chi connectivity index (χ1) is 7.15. The molecule has 2 saturated heterocycles. The van der Waals surface area contributed by atoms with Crippen molar-refractivity contribution in [3.8, 4) is 0 Å². The van der Waals surface area contributed by atoms with Crippen LogP contribution in [0.3, 0.4) is 0 Å². The summed E-state index contributed by atoms with van der Waals surface area (Å²) in [5, 5.41) is 8.71. The number of hydrogen-bond acceptors (Lipinski definition) is 3. The maximum Gasteiger partial charge on any atom is 0.309 e. The van der Waals surface area contributed by atoms with Crippen LogP contribution in [0.4, 0.5) is 0 Å². The standard InChI is InChI=1S/C11H20N2O2/c1-12-5-9(6-12)3-2-4-13-7-10(8-13)11(14)15/h9-10H,2-8H2,1H3,(H,14,15). The number of carboxylic acids is 1. The van der Waals surface area contributed by atoms with Gasteiger partial charge in [0.1, 0.15) is 0 Å². The third kappa shape index (κ3) is 2.69. The molecule has 0 aromatic rings. The van der Waals surface area contributed by atoms with Crippen molar-refractivity contribution in [3.05, 3.63) is 0 Å². The molecule has 86 valence electrons. The van der Waals surface area contributed by atoms with Gasteiger partial charge in [0.2, 0.25) is 0 Å². The van der Waals surface area contributed by atoms with Gasteiger partial charge >= 0.3 is 5.97 Å². The summed E-state index contributed by atoms with van der Waals surface area (Å²) in [6, 6.07) is 0. The predicted molar refractivity (Wildman–Crippen MR) is 57.8 cm³/mol. The van der Waals surface area contributed by atoms with Crippen molar-refractivity contribution in [3.63, 3.8) is 0 Å². The van der Waals surface area contributed by atoms with Crippen molar-refractivity contribution in [1.82, 2.24) is 9.80 Å². The Kier molecular flexibility index (Phi) is 3.26. The molecular formula is C11H20N2O2. The van der Waals surface area contributed by atoms with Crippen LogP contribution in [0.2, 0.25) is 0 Å². The molecule has 0 radical (unpaired) electrons. The van der Waals surface area contributed by atoms with Crippen molar-refractivity contribution in [2.75, 3.05) is 39.8 Å². The van der Waals surface area contributed by atoms with Crippen molar-refractivity contribution in [2.45, 2.75) is 12.8 Å². The van der Waals surface area contributed by atoms with Crippen molar-refractivity contribution in [2.24, 2.45) is 11.8 Å². The quantitative estimate of drug-likeness (QED) is 0.714. The molecule has 4 nitrogen and oxygen atoms in total. The van der Waals surface area contributed by atoms with Gasteiger partial charge in [-0.15, -0.1) is 0 Å². The Morgan fingerprint density at radius 3 is 2.53 bits per heavy atom. The topological polar surface area (TPSA) is 43.8 Å². The smallest absolute Gasteiger partial charge is 0.309 e. The summed E-state index contributed by atoms with van der Waals surface area (Å²) >= 11 is 0. The Morgan fingerprint density at radius 2 is 2.00 bits per heavy atom. The van der Waals surface area contributed by atoms with E-state index in [4.69, 9.17) is 5.11 Å². The largest absolute Gasteiger partial charge is 0.481 e. The van der Waals surface area contributed by atoms with Gasteiger partial charge in [0, 0.05) is 26.2 Å². The first-order valence-electron chi connectivity index (χ1n) is 5.79. The zero-order valence-corrected chi connectivity index (χ0v) is 9.35. The van der Waals surface area contributed by atoms with Gasteiger partial charge < -0.3 is 14.9 Å². The monoisotopic (exact) mass is 212 g/mol. The van der Waals surface area contributed by atoms with Crippen LogP contribution in [0, 0.1) is 11.8 Å². The minimum absolute atomic E-state index is 0.0974. The van der Waals surface area contributed by atoms with E-state index in [1.165, 1.54) is 25.9 Å². The third-order valence-corrected chi connectivity index (χ3v) is 3.53. The fourth-order valence-corrected chi connectivity index (χ4v) is 2.52. The molecule has 0 aromatic heterocycles. The number of carboxylic acid groups (broad SMARTS) is 1. The van der Waals surface area contributed by atoms with Crippen molar-refractivity contribution < 1.29 is 9.90 Å². The van der Waals surface area contributed by atoms with Gasteiger partial charge in [0.15, 0.2) is 0 Å². The highest BCUT2D eigenvalue weighted by atomic mass is 16.4. The van der Waals surface area contributed by atoms with Crippen molar-refractivity contribution >= 4 is 5.97 Å². The van der Waals surface area contributed by atoms with E-state index in [1.807, 2.05) is 0 Å². The highest BCUT2D eigenvalue weighted by Crippen LogP contribution is 2.20. The van der Waals surface area contributed by atoms with Crippen LogP contribution in [0.1, 0.15) is 12.8 Å². The summed E-state index contributed by atoms with van der Waals surface area (Å²) in [6.45, 7) is 5.11. The van der Waals surface area contributed by atoms with E-state index in [2.05, 4.69) is 16.8 Å². The number of likely N-dealkylation sites (tertiary alicyclic amines) is 2. The number of hydrogen-bond donors (Lipinski definition) is 1. The number of rotatable bonds is 5. The molecule has 1 N–H and O–H groups in total. The van der Waals surface area contributed by atoms with Crippen LogP contribution in [-0.2, 0) is 4.79 Å². The van der Waals surface area contributed by atoms with Crippen molar-refractivity contribution in [1.29, 1.82) is 0 Å². The molecule has 2 heterocycles. The second-order valence-corrected chi connectivity index (χ2v) is 5.02. The number of carbonyl (C=O) groups is 1. The molecule has 2 aliphatic heterocycles. The zero-order valence-electron chi connectivity index (χ0n) is 9.35. The summed E-state index contributed by atoms with van der Waals surface area (Å²) in [6.07, 6.45) is 2.53. The molecule has 0 unspecified atom stereocenters. The summed E-state index contributed by atoms with van der Waals surface area (Å²) in [7, 11) is 2.16. The lowest BCUT2D eigenvalue weighted by molar-refractivity contribution is -0.147. The average Bonchev–Trinajstić information content (AvgIpc) is 2.04. The molecule has 0 aromatic carbocycles. The Morgan fingerprint density at radius 1 is 1.33 bits per heavy atom. The van der Waals surface area contributed by atoms with E-state index in [0.717, 1.165) is 25.6 Å². The maximum atomic E-state index is 10.6. The first kappa shape index (κ1) is 10.9. The van der Waals surface area contributed by atoms with E-state index < -0.39 is 5.97 Å². The van der Waals surface area contributed by atoms with Gasteiger partial charge in [0.25, 0.3) is 0 Å². The lowest BCUT2D eigenvalue weighted by Gasteiger charge is -2.39. The van der Waals surface area contributed by atoms with Gasteiger partial charge in [-0.05, 0) is 32.4 Å². The zero-order chi connectivity index (χ0) is 10.8. The molecule has 0 atom stereocenters. The SMILES string of the molecule is CN1CC(CCCN2CC(C(=O)O)C2)C1. The Balaban J connectivity index is 1.48. The van der Waals surface area contributed by atoms with Crippen LogP contribution < -0.4 is 0 Å². The molecule has 2 fully saturated rings. The van der Waals surface area contributed by atoms with E-state index in [-0.39, 0.29) is 5.92 Å². The predicted octanol–water partition coefficient (Wildman–Crippen LogP) is 0.345.